The van der Waals surface area contributed by atoms with E-state index in [-0.39, 0.29) is 18.4 Å². The molecule has 6 nitrogen and oxygen atoms in total. The first-order valence-electron chi connectivity index (χ1n) is 5.68. The third-order valence-electron chi connectivity index (χ3n) is 2.69. The van der Waals surface area contributed by atoms with E-state index in [2.05, 4.69) is 10.5 Å². The van der Waals surface area contributed by atoms with Crippen molar-refractivity contribution in [3.63, 3.8) is 0 Å². The Hall–Kier alpha value is -1.85. The number of carbonyl (C=O) groups is 2. The molecule has 0 aliphatic carbocycles. The van der Waals surface area contributed by atoms with Crippen molar-refractivity contribution < 1.29 is 14.1 Å². The van der Waals surface area contributed by atoms with Crippen LogP contribution in [-0.2, 0) is 16.1 Å². The molecule has 17 heavy (non-hydrogen) atoms. The van der Waals surface area contributed by atoms with Crippen LogP contribution in [-0.4, -0.2) is 34.5 Å². The molecule has 2 rings (SSSR count). The fourth-order valence-electron chi connectivity index (χ4n) is 1.90. The van der Waals surface area contributed by atoms with Gasteiger partial charge < -0.3 is 14.7 Å². The summed E-state index contributed by atoms with van der Waals surface area (Å²) in [6.45, 7) is 2.36. The van der Waals surface area contributed by atoms with Crippen LogP contribution >= 0.6 is 0 Å². The molecule has 1 aliphatic rings. The third kappa shape index (κ3) is 2.64. The van der Waals surface area contributed by atoms with E-state index >= 15 is 0 Å². The van der Waals surface area contributed by atoms with Crippen molar-refractivity contribution in [1.29, 1.82) is 0 Å². The summed E-state index contributed by atoms with van der Waals surface area (Å²) in [5, 5.41) is 6.27. The third-order valence-corrected chi connectivity index (χ3v) is 2.69. The van der Waals surface area contributed by atoms with E-state index in [9.17, 15) is 9.59 Å². The Kier molecular flexibility index (Phi) is 3.41. The van der Waals surface area contributed by atoms with Crippen molar-refractivity contribution in [1.82, 2.24) is 15.4 Å². The second kappa shape index (κ2) is 4.99. The molecule has 1 N–H and O–H groups in total. The topological polar surface area (TPSA) is 75.4 Å². The van der Waals surface area contributed by atoms with Gasteiger partial charge in [-0.3, -0.25) is 9.59 Å². The number of amides is 2. The first-order chi connectivity index (χ1) is 8.20. The van der Waals surface area contributed by atoms with E-state index in [1.54, 1.807) is 6.07 Å². The Morgan fingerprint density at radius 3 is 3.06 bits per heavy atom. The summed E-state index contributed by atoms with van der Waals surface area (Å²) in [7, 11) is 0. The van der Waals surface area contributed by atoms with Gasteiger partial charge in [-0.05, 0) is 6.42 Å². The molecule has 1 aromatic rings. The van der Waals surface area contributed by atoms with Crippen LogP contribution < -0.4 is 5.32 Å². The highest BCUT2D eigenvalue weighted by atomic mass is 16.5. The van der Waals surface area contributed by atoms with Gasteiger partial charge in [-0.2, -0.15) is 0 Å². The number of hydrogen-bond acceptors (Lipinski definition) is 4. The maximum Gasteiger partial charge on any atom is 0.246 e. The number of piperazine rings is 1. The summed E-state index contributed by atoms with van der Waals surface area (Å²) in [5.41, 5.74) is 0. The van der Waals surface area contributed by atoms with Crippen LogP contribution in [0.15, 0.2) is 16.8 Å². The lowest BCUT2D eigenvalue weighted by atomic mass is 10.1. The monoisotopic (exact) mass is 237 g/mol. The van der Waals surface area contributed by atoms with Crippen molar-refractivity contribution in [2.45, 2.75) is 32.4 Å². The van der Waals surface area contributed by atoms with E-state index in [0.29, 0.717) is 18.7 Å². The van der Waals surface area contributed by atoms with E-state index in [0.717, 1.165) is 6.42 Å². The van der Waals surface area contributed by atoms with Crippen LogP contribution in [0.3, 0.4) is 0 Å². The lowest BCUT2D eigenvalue weighted by molar-refractivity contribution is -0.145. The normalized spacial score (nSPS) is 20.5. The van der Waals surface area contributed by atoms with Crippen molar-refractivity contribution in [2.24, 2.45) is 0 Å². The summed E-state index contributed by atoms with van der Waals surface area (Å²) in [6.07, 6.45) is 3.04. The average Bonchev–Trinajstić information content (AvgIpc) is 2.78. The van der Waals surface area contributed by atoms with Gasteiger partial charge in [0.15, 0.2) is 5.76 Å². The molecule has 0 spiro atoms. The van der Waals surface area contributed by atoms with Gasteiger partial charge in [-0.1, -0.05) is 18.5 Å². The Labute approximate surface area is 98.9 Å². The zero-order valence-electron chi connectivity index (χ0n) is 9.68. The number of nitrogens with zero attached hydrogens (tertiary/aromatic N) is 2. The standard InChI is InChI=1S/C11H15N3O3/c1-2-3-9-11(16)14(7-10(15)13-9)6-8-4-5-12-17-8/h4-5,9H,2-3,6-7H2,1H3,(H,13,15). The average molecular weight is 237 g/mol. The first kappa shape index (κ1) is 11.6. The summed E-state index contributed by atoms with van der Waals surface area (Å²) in [4.78, 5) is 25.0. The summed E-state index contributed by atoms with van der Waals surface area (Å²) >= 11 is 0. The molecule has 2 amide bonds. The second-order valence-corrected chi connectivity index (χ2v) is 4.08. The highest BCUT2D eigenvalue weighted by molar-refractivity contribution is 5.94. The maximum absolute atomic E-state index is 12.0. The van der Waals surface area contributed by atoms with Crippen LogP contribution in [0, 0.1) is 0 Å². The predicted octanol–water partition coefficient (Wildman–Crippen LogP) is 0.302. The van der Waals surface area contributed by atoms with E-state index < -0.39 is 6.04 Å². The fraction of sp³-hybridized carbons (Fsp3) is 0.545. The van der Waals surface area contributed by atoms with Crippen LogP contribution in [0.5, 0.6) is 0 Å². The highest BCUT2D eigenvalue weighted by Gasteiger charge is 2.32. The van der Waals surface area contributed by atoms with E-state index in [4.69, 9.17) is 4.52 Å². The number of carbonyl (C=O) groups excluding carboxylic acids is 2. The summed E-state index contributed by atoms with van der Waals surface area (Å²) < 4.78 is 4.94. The molecule has 1 atom stereocenters. The van der Waals surface area contributed by atoms with Gasteiger partial charge in [0.05, 0.1) is 12.7 Å². The molecule has 1 unspecified atom stereocenters. The Bertz CT molecular complexity index is 402. The van der Waals surface area contributed by atoms with Crippen LogP contribution in [0.2, 0.25) is 0 Å². The SMILES string of the molecule is CCCC1NC(=O)CN(Cc2ccno2)C1=O. The quantitative estimate of drug-likeness (QED) is 0.817. The van der Waals surface area contributed by atoms with Gasteiger partial charge in [0.25, 0.3) is 0 Å². The molecular formula is C11H15N3O3. The van der Waals surface area contributed by atoms with E-state index in [1.807, 2.05) is 6.92 Å². The Morgan fingerprint density at radius 1 is 1.59 bits per heavy atom. The molecule has 0 radical (unpaired) electrons. The molecule has 0 bridgehead atoms. The molecule has 0 saturated carbocycles. The highest BCUT2D eigenvalue weighted by Crippen LogP contribution is 2.11. The van der Waals surface area contributed by atoms with Gasteiger partial charge in [0, 0.05) is 6.07 Å². The molecule has 0 aromatic carbocycles. The lowest BCUT2D eigenvalue weighted by Crippen LogP contribution is -2.57. The van der Waals surface area contributed by atoms with Crippen molar-refractivity contribution in [2.75, 3.05) is 6.54 Å². The smallest absolute Gasteiger partial charge is 0.246 e. The van der Waals surface area contributed by atoms with Crippen molar-refractivity contribution >= 4 is 11.8 Å². The lowest BCUT2D eigenvalue weighted by Gasteiger charge is -2.31. The minimum Gasteiger partial charge on any atom is -0.360 e. The van der Waals surface area contributed by atoms with Gasteiger partial charge in [-0.25, -0.2) is 0 Å². The molecule has 92 valence electrons. The minimum atomic E-state index is -0.399. The number of hydrogen-bond donors (Lipinski definition) is 1. The van der Waals surface area contributed by atoms with Gasteiger partial charge in [0.1, 0.15) is 12.6 Å². The number of aromatic nitrogens is 1. The van der Waals surface area contributed by atoms with Crippen LogP contribution in [0.1, 0.15) is 25.5 Å². The molecule has 1 aromatic heterocycles. The molecule has 2 heterocycles. The van der Waals surface area contributed by atoms with Crippen LogP contribution in [0.4, 0.5) is 0 Å². The molecule has 6 heteroatoms. The molecule has 1 saturated heterocycles. The van der Waals surface area contributed by atoms with E-state index in [1.165, 1.54) is 11.1 Å². The first-order valence-corrected chi connectivity index (χ1v) is 5.68. The molecular weight excluding hydrogens is 222 g/mol. The Balaban J connectivity index is 2.05. The molecule has 1 aliphatic heterocycles. The summed E-state index contributed by atoms with van der Waals surface area (Å²) in [6, 6.07) is 1.29. The number of nitrogens with one attached hydrogen (secondary N) is 1. The van der Waals surface area contributed by atoms with Gasteiger partial charge in [-0.15, -0.1) is 0 Å². The van der Waals surface area contributed by atoms with Gasteiger partial charge in [0.2, 0.25) is 11.8 Å². The zero-order chi connectivity index (χ0) is 12.3. The largest absolute Gasteiger partial charge is 0.360 e. The molecule has 1 fully saturated rings. The predicted molar refractivity (Wildman–Crippen MR) is 58.8 cm³/mol. The maximum atomic E-state index is 12.0. The fourth-order valence-corrected chi connectivity index (χ4v) is 1.90. The Morgan fingerprint density at radius 2 is 2.41 bits per heavy atom. The minimum absolute atomic E-state index is 0.0529. The summed E-state index contributed by atoms with van der Waals surface area (Å²) in [5.74, 6) is 0.411. The van der Waals surface area contributed by atoms with Crippen molar-refractivity contribution in [3.05, 3.63) is 18.0 Å². The van der Waals surface area contributed by atoms with Gasteiger partial charge >= 0.3 is 0 Å². The van der Waals surface area contributed by atoms with Crippen LogP contribution in [0.25, 0.3) is 0 Å². The number of rotatable bonds is 4. The second-order valence-electron chi connectivity index (χ2n) is 4.08. The zero-order valence-corrected chi connectivity index (χ0v) is 9.68. The van der Waals surface area contributed by atoms with Crippen molar-refractivity contribution in [3.8, 4) is 0 Å².